The number of rotatable bonds is 7. The van der Waals surface area contributed by atoms with Crippen LogP contribution in [-0.4, -0.2) is 97.7 Å². The monoisotopic (exact) mass is 799 g/mol. The number of halogens is 1. The fraction of sp³-hybridized carbons (Fsp3) is 0.426. The molecule has 0 unspecified atom stereocenters. The largest absolute Gasteiger partial charge is 0.508 e. The van der Waals surface area contributed by atoms with Gasteiger partial charge in [0, 0.05) is 75.3 Å². The predicted octanol–water partition coefficient (Wildman–Crippen LogP) is 5.96. The Morgan fingerprint density at radius 1 is 0.847 bits per heavy atom. The third-order valence-corrected chi connectivity index (χ3v) is 13.8. The van der Waals surface area contributed by atoms with E-state index in [1.54, 1.807) is 24.1 Å². The van der Waals surface area contributed by atoms with E-state index in [1.165, 1.54) is 5.56 Å². The molecule has 0 aromatic heterocycles. The molecule has 0 spiro atoms. The zero-order valence-electron chi connectivity index (χ0n) is 33.4. The molecule has 3 saturated heterocycles. The van der Waals surface area contributed by atoms with Crippen molar-refractivity contribution in [2.24, 2.45) is 5.92 Å². The molecule has 4 atom stereocenters. The summed E-state index contributed by atoms with van der Waals surface area (Å²) in [4.78, 5) is 46.4. The van der Waals surface area contributed by atoms with Gasteiger partial charge in [-0.05, 0) is 96.5 Å². The topological polar surface area (TPSA) is 115 Å². The number of nitrogens with one attached hydrogen (secondary N) is 1. The molecular formula is C47H50FN5O6. The number of imide groups is 1. The van der Waals surface area contributed by atoms with Crippen molar-refractivity contribution in [3.05, 3.63) is 112 Å². The Balaban J connectivity index is 0.792. The molecule has 1 aliphatic carbocycles. The van der Waals surface area contributed by atoms with Gasteiger partial charge < -0.3 is 29.3 Å². The van der Waals surface area contributed by atoms with Crippen molar-refractivity contribution in [1.82, 2.24) is 15.1 Å². The van der Waals surface area contributed by atoms with Gasteiger partial charge in [-0.1, -0.05) is 36.4 Å². The Kier molecular flexibility index (Phi) is 9.70. The van der Waals surface area contributed by atoms with Gasteiger partial charge in [0.05, 0.1) is 24.5 Å². The summed E-state index contributed by atoms with van der Waals surface area (Å²) >= 11 is 0. The van der Waals surface area contributed by atoms with E-state index in [1.807, 2.05) is 30.3 Å². The summed E-state index contributed by atoms with van der Waals surface area (Å²) in [6.07, 6.45) is 4.22. The molecule has 5 aliphatic heterocycles. The van der Waals surface area contributed by atoms with Crippen LogP contribution in [0.2, 0.25) is 0 Å². The first-order valence-electron chi connectivity index (χ1n) is 21.1. The second-order valence-electron chi connectivity index (χ2n) is 17.2. The van der Waals surface area contributed by atoms with Crippen LogP contribution in [0.15, 0.2) is 72.8 Å². The van der Waals surface area contributed by atoms with Gasteiger partial charge in [-0.25, -0.2) is 4.39 Å². The zero-order chi connectivity index (χ0) is 40.4. The van der Waals surface area contributed by atoms with Crippen molar-refractivity contribution in [2.45, 2.75) is 69.0 Å². The SMILES string of the molecule is COc1cc(N2CCC(CN3CCN4c5cc6c(cc5OC[C@@H]4C3)C(=O)N([C@H]3CCC(=O)NC3=O)C6)CC2)c(F)cc1[C@@H]1c2ccc(O)cc2CC[C@@H]1c1ccccc1. The number of amides is 3. The molecule has 3 amide bonds. The zero-order valence-corrected chi connectivity index (χ0v) is 33.4. The van der Waals surface area contributed by atoms with E-state index in [4.69, 9.17) is 9.47 Å². The van der Waals surface area contributed by atoms with E-state index < -0.39 is 11.9 Å². The van der Waals surface area contributed by atoms with Gasteiger partial charge in [0.2, 0.25) is 11.8 Å². The van der Waals surface area contributed by atoms with Crippen molar-refractivity contribution >= 4 is 29.1 Å². The minimum absolute atomic E-state index is 0.116. The molecular weight excluding hydrogens is 750 g/mol. The Labute approximate surface area is 343 Å². The second kappa shape index (κ2) is 15.2. The number of ether oxygens (including phenoxy) is 2. The van der Waals surface area contributed by atoms with Crippen LogP contribution < -0.4 is 24.6 Å². The Bertz CT molecular complexity index is 2310. The van der Waals surface area contributed by atoms with Crippen molar-refractivity contribution in [1.29, 1.82) is 0 Å². The maximum Gasteiger partial charge on any atom is 0.255 e. The molecule has 0 bridgehead atoms. The van der Waals surface area contributed by atoms with Crippen LogP contribution in [0.3, 0.4) is 0 Å². The normalized spacial score (nSPS) is 24.5. The quantitative estimate of drug-likeness (QED) is 0.219. The Hall–Kier alpha value is -5.62. The summed E-state index contributed by atoms with van der Waals surface area (Å²) in [6, 6.07) is 23.1. The van der Waals surface area contributed by atoms with Crippen LogP contribution in [-0.2, 0) is 22.6 Å². The van der Waals surface area contributed by atoms with Crippen molar-refractivity contribution in [2.75, 3.05) is 62.8 Å². The van der Waals surface area contributed by atoms with E-state index in [-0.39, 0.29) is 47.7 Å². The number of methoxy groups -OCH3 is 1. The molecule has 12 heteroatoms. The smallest absolute Gasteiger partial charge is 0.255 e. The van der Waals surface area contributed by atoms with Crippen LogP contribution in [0, 0.1) is 11.7 Å². The van der Waals surface area contributed by atoms with Gasteiger partial charge in [-0.3, -0.25) is 24.6 Å². The lowest BCUT2D eigenvalue weighted by Gasteiger charge is -2.47. The summed E-state index contributed by atoms with van der Waals surface area (Å²) in [7, 11) is 1.67. The molecule has 11 nitrogen and oxygen atoms in total. The van der Waals surface area contributed by atoms with Crippen LogP contribution in [0.4, 0.5) is 15.8 Å². The Morgan fingerprint density at radius 3 is 2.47 bits per heavy atom. The van der Waals surface area contributed by atoms with Gasteiger partial charge >= 0.3 is 0 Å². The fourth-order valence-corrected chi connectivity index (χ4v) is 10.8. The van der Waals surface area contributed by atoms with Crippen molar-refractivity contribution < 1.29 is 33.4 Å². The number of hydrogen-bond acceptors (Lipinski definition) is 9. The van der Waals surface area contributed by atoms with Crippen LogP contribution in [0.25, 0.3) is 0 Å². The van der Waals surface area contributed by atoms with Gasteiger partial charge in [-0.2, -0.15) is 0 Å². The first-order chi connectivity index (χ1) is 28.7. The van der Waals surface area contributed by atoms with Crippen LogP contribution >= 0.6 is 0 Å². The minimum Gasteiger partial charge on any atom is -0.508 e. The average molecular weight is 800 g/mol. The van der Waals surface area contributed by atoms with E-state index in [9.17, 15) is 19.5 Å². The maximum atomic E-state index is 16.4. The van der Waals surface area contributed by atoms with Crippen LogP contribution in [0.5, 0.6) is 17.2 Å². The minimum atomic E-state index is -0.646. The number of fused-ring (bicyclic) bond motifs is 5. The third-order valence-electron chi connectivity index (χ3n) is 13.8. The molecule has 59 heavy (non-hydrogen) atoms. The van der Waals surface area contributed by atoms with Gasteiger partial charge in [0.15, 0.2) is 0 Å². The number of aryl methyl sites for hydroxylation is 1. The van der Waals surface area contributed by atoms with E-state index in [0.717, 1.165) is 92.9 Å². The standard InChI is InChI=1S/C47H50FN5O6/c1-58-42-23-40(38(48)21-37(42)45-34(29-5-3-2-4-6-29)9-7-30-19-33(54)8-10-35(30)45)51-15-13-28(14-16-51)24-50-17-18-52-32(26-50)27-59-43-22-36-31(20-41(43)52)25-53(47(36)57)39-11-12-44(55)49-46(39)56/h2-6,8,10,19-23,28,32,34,39,45,54H,7,9,11-18,24-27H2,1H3,(H,49,55,56)/t32-,34+,39-,45-/m0/s1. The summed E-state index contributed by atoms with van der Waals surface area (Å²) in [5.74, 6) is 1.03. The fourth-order valence-electron chi connectivity index (χ4n) is 10.8. The molecule has 0 radical (unpaired) electrons. The van der Waals surface area contributed by atoms with Crippen molar-refractivity contribution in [3.8, 4) is 17.2 Å². The number of piperidine rings is 2. The van der Waals surface area contributed by atoms with Gasteiger partial charge in [-0.15, -0.1) is 0 Å². The molecule has 306 valence electrons. The molecule has 0 saturated carbocycles. The third kappa shape index (κ3) is 6.84. The number of anilines is 2. The second-order valence-corrected chi connectivity index (χ2v) is 17.2. The lowest BCUT2D eigenvalue weighted by atomic mass is 9.69. The number of phenols is 1. The number of benzene rings is 4. The van der Waals surface area contributed by atoms with E-state index in [0.29, 0.717) is 48.2 Å². The molecule has 4 aromatic carbocycles. The first-order valence-corrected chi connectivity index (χ1v) is 21.1. The van der Waals surface area contributed by atoms with Crippen molar-refractivity contribution in [3.63, 3.8) is 0 Å². The van der Waals surface area contributed by atoms with Gasteiger partial charge in [0.1, 0.15) is 35.7 Å². The highest BCUT2D eigenvalue weighted by Crippen LogP contribution is 2.50. The van der Waals surface area contributed by atoms with E-state index >= 15 is 4.39 Å². The number of hydrogen-bond donors (Lipinski definition) is 2. The molecule has 3 fully saturated rings. The predicted molar refractivity (Wildman–Crippen MR) is 221 cm³/mol. The molecule has 2 N–H and O–H groups in total. The van der Waals surface area contributed by atoms with Gasteiger partial charge in [0.25, 0.3) is 5.91 Å². The summed E-state index contributed by atoms with van der Waals surface area (Å²) in [5, 5.41) is 12.7. The highest BCUT2D eigenvalue weighted by atomic mass is 19.1. The summed E-state index contributed by atoms with van der Waals surface area (Å²) in [5.41, 5.74) is 7.30. The van der Waals surface area contributed by atoms with Crippen LogP contribution in [0.1, 0.15) is 82.1 Å². The maximum absolute atomic E-state index is 16.4. The number of carbonyl (C=O) groups excluding carboxylic acids is 3. The molecule has 4 aromatic rings. The summed E-state index contributed by atoms with van der Waals surface area (Å²) < 4.78 is 28.8. The lowest BCUT2D eigenvalue weighted by molar-refractivity contribution is -0.136. The Morgan fingerprint density at radius 2 is 1.68 bits per heavy atom. The average Bonchev–Trinajstić information content (AvgIpc) is 3.57. The molecule has 5 heterocycles. The number of nitrogens with zero attached hydrogens (tertiary/aromatic N) is 4. The number of phenolic OH excluding ortho intramolecular Hbond substituents is 1. The molecule has 10 rings (SSSR count). The lowest BCUT2D eigenvalue weighted by Crippen LogP contribution is -2.58. The molecule has 6 aliphatic rings. The highest BCUT2D eigenvalue weighted by molar-refractivity contribution is 6.06. The number of piperazine rings is 1. The van der Waals surface area contributed by atoms with E-state index in [2.05, 4.69) is 50.3 Å². The highest BCUT2D eigenvalue weighted by Gasteiger charge is 2.42. The summed E-state index contributed by atoms with van der Waals surface area (Å²) in [6.45, 7) is 6.02. The number of aromatic hydroxyl groups is 1. The first kappa shape index (κ1) is 37.6. The number of carbonyl (C=O) groups is 3.